The largest absolute Gasteiger partial charge is 0.455 e. The van der Waals surface area contributed by atoms with E-state index in [9.17, 15) is 0 Å². The third-order valence-corrected chi connectivity index (χ3v) is 3.85. The Balaban J connectivity index is 2.33. The molecule has 0 heterocycles. The standard InChI is InChI=1S/C13H8Br2Cl2O/c14-9-1-3-12(8(5-9)7-16)18-13-4-2-10(15)6-11(13)17/h1-6H,7H2. The lowest BCUT2D eigenvalue weighted by Gasteiger charge is -2.11. The minimum Gasteiger partial charge on any atom is -0.455 e. The molecule has 0 saturated carbocycles. The lowest BCUT2D eigenvalue weighted by Crippen LogP contribution is -1.90. The lowest BCUT2D eigenvalue weighted by atomic mass is 10.2. The van der Waals surface area contributed by atoms with Gasteiger partial charge in [-0.1, -0.05) is 43.5 Å². The Labute approximate surface area is 132 Å². The number of ether oxygens (including phenoxy) is 1. The van der Waals surface area contributed by atoms with E-state index in [1.165, 1.54) is 0 Å². The Hall–Kier alpha value is -0.220. The molecule has 0 saturated heterocycles. The van der Waals surface area contributed by atoms with Gasteiger partial charge in [-0.3, -0.25) is 0 Å². The zero-order valence-electron chi connectivity index (χ0n) is 9.09. The quantitative estimate of drug-likeness (QED) is 0.532. The Morgan fingerprint density at radius 1 is 0.944 bits per heavy atom. The predicted octanol–water partition coefficient (Wildman–Crippen LogP) is 6.40. The molecule has 2 aromatic carbocycles. The van der Waals surface area contributed by atoms with E-state index in [2.05, 4.69) is 31.9 Å². The number of benzene rings is 2. The molecular formula is C13H8Br2Cl2O. The average Bonchev–Trinajstić information content (AvgIpc) is 2.34. The van der Waals surface area contributed by atoms with Crippen LogP contribution in [0.1, 0.15) is 5.56 Å². The van der Waals surface area contributed by atoms with Crippen LogP contribution in [-0.2, 0) is 5.88 Å². The summed E-state index contributed by atoms with van der Waals surface area (Å²) in [7, 11) is 0. The van der Waals surface area contributed by atoms with Crippen LogP contribution >= 0.6 is 55.1 Å². The zero-order valence-corrected chi connectivity index (χ0v) is 13.8. The maximum Gasteiger partial charge on any atom is 0.146 e. The van der Waals surface area contributed by atoms with Gasteiger partial charge in [0.05, 0.1) is 10.9 Å². The van der Waals surface area contributed by atoms with E-state index in [1.54, 1.807) is 6.07 Å². The number of hydrogen-bond acceptors (Lipinski definition) is 1. The molecule has 1 nitrogen and oxygen atoms in total. The topological polar surface area (TPSA) is 9.23 Å². The van der Waals surface area contributed by atoms with Gasteiger partial charge in [-0.2, -0.15) is 0 Å². The Bertz CT molecular complexity index is 573. The monoisotopic (exact) mass is 408 g/mol. The van der Waals surface area contributed by atoms with Gasteiger partial charge in [-0.05, 0) is 36.4 Å². The van der Waals surface area contributed by atoms with E-state index < -0.39 is 0 Å². The van der Waals surface area contributed by atoms with E-state index in [1.807, 2.05) is 30.3 Å². The van der Waals surface area contributed by atoms with Crippen molar-refractivity contribution in [2.24, 2.45) is 0 Å². The van der Waals surface area contributed by atoms with Crippen molar-refractivity contribution in [2.45, 2.75) is 5.88 Å². The van der Waals surface area contributed by atoms with Crippen LogP contribution in [0.5, 0.6) is 11.5 Å². The fourth-order valence-corrected chi connectivity index (χ4v) is 2.76. The highest BCUT2D eigenvalue weighted by atomic mass is 79.9. The van der Waals surface area contributed by atoms with Crippen molar-refractivity contribution in [3.8, 4) is 11.5 Å². The number of halogens is 4. The van der Waals surface area contributed by atoms with Crippen molar-refractivity contribution in [3.05, 3.63) is 55.9 Å². The molecule has 2 aromatic rings. The van der Waals surface area contributed by atoms with Crippen LogP contribution in [-0.4, -0.2) is 0 Å². The molecular weight excluding hydrogens is 403 g/mol. The van der Waals surface area contributed by atoms with Crippen molar-refractivity contribution in [1.82, 2.24) is 0 Å². The molecule has 0 fully saturated rings. The number of alkyl halides is 1. The van der Waals surface area contributed by atoms with Gasteiger partial charge in [0.15, 0.2) is 0 Å². The summed E-state index contributed by atoms with van der Waals surface area (Å²) >= 11 is 18.8. The third kappa shape index (κ3) is 3.41. The molecule has 0 atom stereocenters. The van der Waals surface area contributed by atoms with E-state index in [0.717, 1.165) is 14.5 Å². The first-order valence-electron chi connectivity index (χ1n) is 5.07. The fourth-order valence-electron chi connectivity index (χ4n) is 1.43. The molecule has 0 aliphatic rings. The SMILES string of the molecule is ClCc1cc(Br)ccc1Oc1ccc(Br)cc1Cl. The highest BCUT2D eigenvalue weighted by molar-refractivity contribution is 9.10. The maximum atomic E-state index is 6.11. The van der Waals surface area contributed by atoms with Gasteiger partial charge in [0.2, 0.25) is 0 Å². The number of rotatable bonds is 3. The first-order chi connectivity index (χ1) is 8.60. The van der Waals surface area contributed by atoms with Crippen LogP contribution in [0, 0.1) is 0 Å². The second-order valence-electron chi connectivity index (χ2n) is 3.56. The fraction of sp³-hybridized carbons (Fsp3) is 0.0769. The van der Waals surface area contributed by atoms with E-state index in [-0.39, 0.29) is 0 Å². The highest BCUT2D eigenvalue weighted by Gasteiger charge is 2.08. The van der Waals surface area contributed by atoms with Crippen LogP contribution in [0.15, 0.2) is 45.3 Å². The zero-order chi connectivity index (χ0) is 13.1. The van der Waals surface area contributed by atoms with Gasteiger partial charge in [-0.15, -0.1) is 11.6 Å². The molecule has 2 rings (SSSR count). The summed E-state index contributed by atoms with van der Waals surface area (Å²) in [5.74, 6) is 1.69. The summed E-state index contributed by atoms with van der Waals surface area (Å²) < 4.78 is 7.66. The summed E-state index contributed by atoms with van der Waals surface area (Å²) in [6.45, 7) is 0. The molecule has 0 unspecified atom stereocenters. The third-order valence-electron chi connectivity index (χ3n) is 2.28. The van der Waals surface area contributed by atoms with Gasteiger partial charge in [0.25, 0.3) is 0 Å². The molecule has 5 heteroatoms. The Kier molecular flexibility index (Phi) is 4.96. The minimum absolute atomic E-state index is 0.378. The minimum atomic E-state index is 0.378. The van der Waals surface area contributed by atoms with Crippen LogP contribution in [0.2, 0.25) is 5.02 Å². The smallest absolute Gasteiger partial charge is 0.146 e. The molecule has 0 aliphatic carbocycles. The van der Waals surface area contributed by atoms with Gasteiger partial charge in [-0.25, -0.2) is 0 Å². The van der Waals surface area contributed by atoms with E-state index >= 15 is 0 Å². The number of hydrogen-bond donors (Lipinski definition) is 0. The normalized spacial score (nSPS) is 10.4. The second-order valence-corrected chi connectivity index (χ2v) is 6.07. The first kappa shape index (κ1) is 14.2. The van der Waals surface area contributed by atoms with Crippen molar-refractivity contribution in [2.75, 3.05) is 0 Å². The van der Waals surface area contributed by atoms with Crippen molar-refractivity contribution >= 4 is 55.1 Å². The molecule has 0 amide bonds. The highest BCUT2D eigenvalue weighted by Crippen LogP contribution is 2.34. The van der Waals surface area contributed by atoms with Gasteiger partial charge in [0, 0.05) is 14.5 Å². The summed E-state index contributed by atoms with van der Waals surface area (Å²) in [5.41, 5.74) is 0.907. The van der Waals surface area contributed by atoms with Crippen molar-refractivity contribution < 1.29 is 4.74 Å². The van der Waals surface area contributed by atoms with Crippen molar-refractivity contribution in [1.29, 1.82) is 0 Å². The van der Waals surface area contributed by atoms with E-state index in [0.29, 0.717) is 22.4 Å². The molecule has 0 bridgehead atoms. The van der Waals surface area contributed by atoms with Gasteiger partial charge >= 0.3 is 0 Å². The van der Waals surface area contributed by atoms with Gasteiger partial charge < -0.3 is 4.74 Å². The van der Waals surface area contributed by atoms with Crippen LogP contribution in [0.3, 0.4) is 0 Å². The molecule has 0 N–H and O–H groups in total. The first-order valence-corrected chi connectivity index (χ1v) is 7.57. The average molecular weight is 411 g/mol. The molecule has 0 spiro atoms. The molecule has 0 aliphatic heterocycles. The van der Waals surface area contributed by atoms with E-state index in [4.69, 9.17) is 27.9 Å². The van der Waals surface area contributed by atoms with Crippen molar-refractivity contribution in [3.63, 3.8) is 0 Å². The van der Waals surface area contributed by atoms with Gasteiger partial charge in [0.1, 0.15) is 11.5 Å². The summed E-state index contributed by atoms with van der Waals surface area (Å²) in [6.07, 6.45) is 0. The second kappa shape index (κ2) is 6.29. The molecule has 0 radical (unpaired) electrons. The Morgan fingerprint density at radius 3 is 2.17 bits per heavy atom. The molecule has 0 aromatic heterocycles. The lowest BCUT2D eigenvalue weighted by molar-refractivity contribution is 0.478. The van der Waals surface area contributed by atoms with Crippen LogP contribution in [0.4, 0.5) is 0 Å². The summed E-state index contributed by atoms with van der Waals surface area (Å²) in [5, 5.41) is 0.549. The molecule has 18 heavy (non-hydrogen) atoms. The Morgan fingerprint density at radius 2 is 1.56 bits per heavy atom. The van der Waals surface area contributed by atoms with Crippen LogP contribution < -0.4 is 4.74 Å². The summed E-state index contributed by atoms with van der Waals surface area (Å²) in [6, 6.07) is 11.2. The predicted molar refractivity (Wildman–Crippen MR) is 82.9 cm³/mol. The maximum absolute atomic E-state index is 6.11. The summed E-state index contributed by atoms with van der Waals surface area (Å²) in [4.78, 5) is 0. The van der Waals surface area contributed by atoms with Crippen LogP contribution in [0.25, 0.3) is 0 Å². The molecule has 94 valence electrons.